The Balaban J connectivity index is 1.45. The molecule has 3 rings (SSSR count). The summed E-state index contributed by atoms with van der Waals surface area (Å²) in [6.45, 7) is 1.74. The van der Waals surface area contributed by atoms with E-state index in [9.17, 15) is 9.59 Å². The molecule has 2 aromatic carbocycles. The highest BCUT2D eigenvalue weighted by molar-refractivity contribution is 5.85. The Morgan fingerprint density at radius 2 is 1.80 bits per heavy atom. The maximum atomic E-state index is 12.1. The summed E-state index contributed by atoms with van der Waals surface area (Å²) in [5, 5.41) is 0. The van der Waals surface area contributed by atoms with Crippen LogP contribution in [0.2, 0.25) is 0 Å². The average Bonchev–Trinajstić information content (AvgIpc) is 2.65. The Labute approximate surface area is 144 Å². The molecule has 1 unspecified atom stereocenters. The number of rotatable bonds is 4. The van der Waals surface area contributed by atoms with Crippen molar-refractivity contribution in [1.29, 1.82) is 0 Å². The molecular weight excluding hydrogens is 324 g/mol. The third-order valence-electron chi connectivity index (χ3n) is 3.58. The number of aryl methyl sites for hydroxylation is 1. The minimum atomic E-state index is -0.840. The van der Waals surface area contributed by atoms with E-state index in [2.05, 4.69) is 10.9 Å². The van der Waals surface area contributed by atoms with Crippen molar-refractivity contribution >= 4 is 11.8 Å². The number of benzene rings is 2. The van der Waals surface area contributed by atoms with Crippen molar-refractivity contribution in [3.05, 3.63) is 54.1 Å². The average molecular weight is 342 g/mol. The molecule has 2 N–H and O–H groups in total. The lowest BCUT2D eigenvalue weighted by atomic mass is 10.2. The predicted octanol–water partition coefficient (Wildman–Crippen LogP) is 1.36. The van der Waals surface area contributed by atoms with Gasteiger partial charge in [0, 0.05) is 0 Å². The highest BCUT2D eigenvalue weighted by atomic mass is 16.6. The van der Waals surface area contributed by atoms with Gasteiger partial charge in [0.05, 0.1) is 0 Å². The van der Waals surface area contributed by atoms with Gasteiger partial charge in [-0.15, -0.1) is 0 Å². The summed E-state index contributed by atoms with van der Waals surface area (Å²) >= 11 is 0. The van der Waals surface area contributed by atoms with Crippen LogP contribution in [0, 0.1) is 6.92 Å². The summed E-state index contributed by atoms with van der Waals surface area (Å²) in [4.78, 5) is 23.9. The number of para-hydroxylation sites is 3. The van der Waals surface area contributed by atoms with Gasteiger partial charge in [0.15, 0.2) is 18.1 Å². The second kappa shape index (κ2) is 7.57. The van der Waals surface area contributed by atoms with E-state index in [1.54, 1.807) is 24.3 Å². The summed E-state index contributed by atoms with van der Waals surface area (Å²) in [5.74, 6) is 0.711. The molecule has 0 fully saturated rings. The van der Waals surface area contributed by atoms with Gasteiger partial charge in [0.25, 0.3) is 11.8 Å². The number of hydrogen-bond donors (Lipinski definition) is 2. The van der Waals surface area contributed by atoms with E-state index in [0.717, 1.165) is 5.56 Å². The number of ether oxygens (including phenoxy) is 3. The van der Waals surface area contributed by atoms with Crippen molar-refractivity contribution in [2.24, 2.45) is 0 Å². The van der Waals surface area contributed by atoms with Crippen LogP contribution < -0.4 is 25.1 Å². The number of hydrazine groups is 1. The second-order valence-corrected chi connectivity index (χ2v) is 5.46. The number of nitrogens with one attached hydrogen (secondary N) is 2. The lowest BCUT2D eigenvalue weighted by Gasteiger charge is -2.25. The van der Waals surface area contributed by atoms with Crippen LogP contribution >= 0.6 is 0 Å². The van der Waals surface area contributed by atoms with Gasteiger partial charge >= 0.3 is 0 Å². The Morgan fingerprint density at radius 3 is 2.60 bits per heavy atom. The van der Waals surface area contributed by atoms with E-state index in [1.165, 1.54) is 0 Å². The number of carbonyl (C=O) groups is 2. The van der Waals surface area contributed by atoms with Gasteiger partial charge in [0.2, 0.25) is 6.10 Å². The van der Waals surface area contributed by atoms with Crippen LogP contribution in [0.4, 0.5) is 0 Å². The molecule has 2 amide bonds. The van der Waals surface area contributed by atoms with Crippen LogP contribution in [0.5, 0.6) is 17.2 Å². The molecule has 130 valence electrons. The number of fused-ring (bicyclic) bond motifs is 1. The van der Waals surface area contributed by atoms with E-state index < -0.39 is 17.9 Å². The molecule has 7 nitrogen and oxygen atoms in total. The fourth-order valence-corrected chi connectivity index (χ4v) is 2.26. The van der Waals surface area contributed by atoms with Gasteiger partial charge in [-0.25, -0.2) is 0 Å². The Bertz CT molecular complexity index is 778. The van der Waals surface area contributed by atoms with Gasteiger partial charge < -0.3 is 14.2 Å². The summed E-state index contributed by atoms with van der Waals surface area (Å²) in [6.07, 6.45) is -0.840. The Morgan fingerprint density at radius 1 is 1.08 bits per heavy atom. The Kier molecular flexibility index (Phi) is 5.03. The Hall–Kier alpha value is -3.22. The SMILES string of the molecule is Cc1ccccc1OCC(=O)NNC(=O)C1COc2ccccc2O1. The molecule has 1 heterocycles. The summed E-state index contributed by atoms with van der Waals surface area (Å²) in [7, 11) is 0. The number of hydrogen-bond acceptors (Lipinski definition) is 5. The molecular formula is C18H18N2O5. The molecule has 0 saturated carbocycles. The first kappa shape index (κ1) is 16.6. The molecule has 0 aromatic heterocycles. The molecule has 2 aromatic rings. The van der Waals surface area contributed by atoms with Crippen molar-refractivity contribution in [3.63, 3.8) is 0 Å². The monoisotopic (exact) mass is 342 g/mol. The summed E-state index contributed by atoms with van der Waals surface area (Å²) < 4.78 is 16.4. The normalized spacial score (nSPS) is 15.2. The highest BCUT2D eigenvalue weighted by Crippen LogP contribution is 2.30. The third kappa shape index (κ3) is 4.20. The van der Waals surface area contributed by atoms with E-state index in [0.29, 0.717) is 17.2 Å². The largest absolute Gasteiger partial charge is 0.485 e. The first-order valence-electron chi connectivity index (χ1n) is 7.79. The van der Waals surface area contributed by atoms with Crippen molar-refractivity contribution in [2.75, 3.05) is 13.2 Å². The minimum Gasteiger partial charge on any atom is -0.485 e. The lowest BCUT2D eigenvalue weighted by Crippen LogP contribution is -2.51. The quantitative estimate of drug-likeness (QED) is 0.820. The second-order valence-electron chi connectivity index (χ2n) is 5.46. The van der Waals surface area contributed by atoms with Crippen molar-refractivity contribution in [1.82, 2.24) is 10.9 Å². The van der Waals surface area contributed by atoms with Gasteiger partial charge in [-0.1, -0.05) is 30.3 Å². The molecule has 1 aliphatic heterocycles. The standard InChI is InChI=1S/C18H18N2O5/c1-12-6-2-3-7-13(12)24-11-17(21)19-20-18(22)16-10-23-14-8-4-5-9-15(14)25-16/h2-9,16H,10-11H2,1H3,(H,19,21)(H,20,22). The van der Waals surface area contributed by atoms with Crippen molar-refractivity contribution in [3.8, 4) is 17.2 Å². The molecule has 25 heavy (non-hydrogen) atoms. The molecule has 1 atom stereocenters. The van der Waals surface area contributed by atoms with Crippen molar-refractivity contribution < 1.29 is 23.8 Å². The number of carbonyl (C=O) groups excluding carboxylic acids is 2. The molecule has 0 spiro atoms. The fourth-order valence-electron chi connectivity index (χ4n) is 2.26. The zero-order chi connectivity index (χ0) is 17.6. The van der Waals surface area contributed by atoms with Crippen molar-refractivity contribution in [2.45, 2.75) is 13.0 Å². The number of amides is 2. The van der Waals surface area contributed by atoms with Gasteiger partial charge in [-0.2, -0.15) is 0 Å². The van der Waals surface area contributed by atoms with Gasteiger partial charge in [-0.3, -0.25) is 20.4 Å². The van der Waals surface area contributed by atoms with E-state index in [1.807, 2.05) is 31.2 Å². The maximum Gasteiger partial charge on any atom is 0.283 e. The molecule has 7 heteroatoms. The first-order valence-corrected chi connectivity index (χ1v) is 7.79. The zero-order valence-corrected chi connectivity index (χ0v) is 13.7. The molecule has 0 aliphatic carbocycles. The topological polar surface area (TPSA) is 85.9 Å². The molecule has 0 radical (unpaired) electrons. The van der Waals surface area contributed by atoms with Gasteiger partial charge in [-0.05, 0) is 30.7 Å². The third-order valence-corrected chi connectivity index (χ3v) is 3.58. The van der Waals surface area contributed by atoms with Crippen LogP contribution in [-0.2, 0) is 9.59 Å². The first-order chi connectivity index (χ1) is 12.1. The van der Waals surface area contributed by atoms with E-state index in [4.69, 9.17) is 14.2 Å². The van der Waals surface area contributed by atoms with Gasteiger partial charge in [0.1, 0.15) is 12.4 Å². The molecule has 0 saturated heterocycles. The van der Waals surface area contributed by atoms with Crippen LogP contribution in [-0.4, -0.2) is 31.1 Å². The maximum absolute atomic E-state index is 12.1. The minimum absolute atomic E-state index is 0.0679. The lowest BCUT2D eigenvalue weighted by molar-refractivity contribution is -0.135. The fraction of sp³-hybridized carbons (Fsp3) is 0.222. The molecule has 1 aliphatic rings. The van der Waals surface area contributed by atoms with Crippen LogP contribution in [0.1, 0.15) is 5.56 Å². The predicted molar refractivity (Wildman–Crippen MR) is 89.3 cm³/mol. The van der Waals surface area contributed by atoms with Crippen LogP contribution in [0.25, 0.3) is 0 Å². The smallest absolute Gasteiger partial charge is 0.283 e. The molecule has 0 bridgehead atoms. The summed E-state index contributed by atoms with van der Waals surface area (Å²) in [5.41, 5.74) is 5.53. The van der Waals surface area contributed by atoms with Crippen LogP contribution in [0.3, 0.4) is 0 Å². The van der Waals surface area contributed by atoms with Crippen LogP contribution in [0.15, 0.2) is 48.5 Å². The summed E-state index contributed by atoms with van der Waals surface area (Å²) in [6, 6.07) is 14.4. The highest BCUT2D eigenvalue weighted by Gasteiger charge is 2.27. The zero-order valence-electron chi connectivity index (χ0n) is 13.7. The van der Waals surface area contributed by atoms with E-state index in [-0.39, 0.29) is 13.2 Å². The van der Waals surface area contributed by atoms with E-state index >= 15 is 0 Å².